The first-order valence-electron chi connectivity index (χ1n) is 8.65. The highest BCUT2D eigenvalue weighted by atomic mass is 16.5. The van der Waals surface area contributed by atoms with E-state index < -0.39 is 18.1 Å². The van der Waals surface area contributed by atoms with Crippen molar-refractivity contribution in [3.63, 3.8) is 0 Å². The van der Waals surface area contributed by atoms with Crippen molar-refractivity contribution in [2.24, 2.45) is 5.73 Å². The SMILES string of the molecule is C[C@H](OC(=O)c1cccc(NC(N)=O)c1)C(=O)N1c2ccccc2C[C@H]1C. The number of primary amides is 1. The maximum atomic E-state index is 12.9. The number of nitrogens with one attached hydrogen (secondary N) is 1. The molecule has 3 amide bonds. The molecular formula is C20H21N3O4. The number of ether oxygens (including phenoxy) is 1. The van der Waals surface area contributed by atoms with Crippen molar-refractivity contribution in [3.05, 3.63) is 59.7 Å². The summed E-state index contributed by atoms with van der Waals surface area (Å²) in [6.45, 7) is 3.52. The molecule has 0 bridgehead atoms. The van der Waals surface area contributed by atoms with Crippen LogP contribution in [0.15, 0.2) is 48.5 Å². The zero-order valence-corrected chi connectivity index (χ0v) is 15.1. The summed E-state index contributed by atoms with van der Waals surface area (Å²) in [5, 5.41) is 2.39. The van der Waals surface area contributed by atoms with Gasteiger partial charge in [0.05, 0.1) is 5.56 Å². The molecule has 0 saturated heterocycles. The number of hydrogen-bond donors (Lipinski definition) is 2. The van der Waals surface area contributed by atoms with Gasteiger partial charge in [-0.2, -0.15) is 0 Å². The molecule has 140 valence electrons. The Hall–Kier alpha value is -3.35. The van der Waals surface area contributed by atoms with E-state index in [1.54, 1.807) is 30.0 Å². The van der Waals surface area contributed by atoms with Crippen LogP contribution in [0.5, 0.6) is 0 Å². The third kappa shape index (κ3) is 3.92. The quantitative estimate of drug-likeness (QED) is 0.811. The number of benzene rings is 2. The smallest absolute Gasteiger partial charge is 0.338 e. The number of carbonyl (C=O) groups excluding carboxylic acids is 3. The van der Waals surface area contributed by atoms with Crippen LogP contribution in [0.3, 0.4) is 0 Å². The summed E-state index contributed by atoms with van der Waals surface area (Å²) in [4.78, 5) is 37.9. The molecule has 27 heavy (non-hydrogen) atoms. The van der Waals surface area contributed by atoms with E-state index in [2.05, 4.69) is 5.32 Å². The number of urea groups is 1. The lowest BCUT2D eigenvalue weighted by Crippen LogP contribution is -2.43. The molecule has 0 radical (unpaired) electrons. The van der Waals surface area contributed by atoms with Crippen LogP contribution < -0.4 is 16.0 Å². The summed E-state index contributed by atoms with van der Waals surface area (Å²) >= 11 is 0. The van der Waals surface area contributed by atoms with Crippen LogP contribution in [0, 0.1) is 0 Å². The van der Waals surface area contributed by atoms with E-state index in [9.17, 15) is 14.4 Å². The number of rotatable bonds is 4. The number of hydrogen-bond acceptors (Lipinski definition) is 4. The predicted octanol–water partition coefficient (Wildman–Crippen LogP) is 2.70. The van der Waals surface area contributed by atoms with Crippen molar-refractivity contribution in [2.45, 2.75) is 32.4 Å². The molecule has 3 N–H and O–H groups in total. The van der Waals surface area contributed by atoms with Gasteiger partial charge >= 0.3 is 12.0 Å². The van der Waals surface area contributed by atoms with Crippen molar-refractivity contribution in [1.29, 1.82) is 0 Å². The molecule has 2 aromatic carbocycles. The molecule has 1 heterocycles. The van der Waals surface area contributed by atoms with Crippen LogP contribution in [-0.4, -0.2) is 30.1 Å². The van der Waals surface area contributed by atoms with E-state index in [4.69, 9.17) is 10.5 Å². The van der Waals surface area contributed by atoms with Gasteiger partial charge in [-0.25, -0.2) is 9.59 Å². The van der Waals surface area contributed by atoms with Gasteiger partial charge in [-0.05, 0) is 50.1 Å². The second-order valence-electron chi connectivity index (χ2n) is 6.51. The Morgan fingerprint density at radius 2 is 1.93 bits per heavy atom. The largest absolute Gasteiger partial charge is 0.449 e. The van der Waals surface area contributed by atoms with Gasteiger partial charge in [-0.1, -0.05) is 24.3 Å². The van der Waals surface area contributed by atoms with Crippen molar-refractivity contribution < 1.29 is 19.1 Å². The monoisotopic (exact) mass is 367 g/mol. The second kappa shape index (κ2) is 7.49. The van der Waals surface area contributed by atoms with Gasteiger partial charge in [-0.3, -0.25) is 4.79 Å². The minimum atomic E-state index is -0.945. The van der Waals surface area contributed by atoms with Crippen LogP contribution in [0.4, 0.5) is 16.2 Å². The number of fused-ring (bicyclic) bond motifs is 1. The fourth-order valence-electron chi connectivity index (χ4n) is 3.24. The summed E-state index contributed by atoms with van der Waals surface area (Å²) in [6.07, 6.45) is -0.178. The Balaban J connectivity index is 1.72. The summed E-state index contributed by atoms with van der Waals surface area (Å²) < 4.78 is 5.36. The Bertz CT molecular complexity index is 896. The van der Waals surface area contributed by atoms with Crippen LogP contribution in [0.2, 0.25) is 0 Å². The molecule has 2 aromatic rings. The molecule has 0 fully saturated rings. The van der Waals surface area contributed by atoms with E-state index in [-0.39, 0.29) is 17.5 Å². The van der Waals surface area contributed by atoms with Crippen LogP contribution in [-0.2, 0) is 16.0 Å². The number of amides is 3. The van der Waals surface area contributed by atoms with Gasteiger partial charge in [0.2, 0.25) is 0 Å². The maximum Gasteiger partial charge on any atom is 0.338 e. The molecule has 0 aromatic heterocycles. The van der Waals surface area contributed by atoms with Crippen molar-refractivity contribution in [2.75, 3.05) is 10.2 Å². The molecule has 7 heteroatoms. The number of para-hydroxylation sites is 1. The van der Waals surface area contributed by atoms with Gasteiger partial charge in [0, 0.05) is 17.4 Å². The molecule has 2 atom stereocenters. The average Bonchev–Trinajstić information content (AvgIpc) is 2.96. The van der Waals surface area contributed by atoms with Gasteiger partial charge in [0.25, 0.3) is 5.91 Å². The average molecular weight is 367 g/mol. The fraction of sp³-hybridized carbons (Fsp3) is 0.250. The molecule has 1 aliphatic heterocycles. The molecule has 3 rings (SSSR count). The Morgan fingerprint density at radius 3 is 2.67 bits per heavy atom. The zero-order chi connectivity index (χ0) is 19.6. The highest BCUT2D eigenvalue weighted by molar-refractivity contribution is 6.01. The minimum Gasteiger partial charge on any atom is -0.449 e. The first-order valence-corrected chi connectivity index (χ1v) is 8.65. The van der Waals surface area contributed by atoms with Crippen molar-refractivity contribution in [1.82, 2.24) is 0 Å². The Morgan fingerprint density at radius 1 is 1.19 bits per heavy atom. The lowest BCUT2D eigenvalue weighted by molar-refractivity contribution is -0.126. The molecule has 0 unspecified atom stereocenters. The number of nitrogens with two attached hydrogens (primary N) is 1. The molecule has 7 nitrogen and oxygen atoms in total. The Kier molecular flexibility index (Phi) is 5.12. The number of esters is 1. The fourth-order valence-corrected chi connectivity index (χ4v) is 3.24. The first kappa shape index (κ1) is 18.4. The third-order valence-electron chi connectivity index (χ3n) is 4.44. The standard InChI is InChI=1S/C20H21N3O4/c1-12-10-14-6-3-4-9-17(14)23(12)18(24)13(2)27-19(25)15-7-5-8-16(11-15)22-20(21)26/h3-9,11-13H,10H2,1-2H3,(H3,21,22,26)/t12-,13+/m1/s1. The maximum absolute atomic E-state index is 12.9. The van der Waals surface area contributed by atoms with Gasteiger partial charge in [0.1, 0.15) is 0 Å². The molecule has 0 spiro atoms. The first-order chi connectivity index (χ1) is 12.9. The van der Waals surface area contributed by atoms with Crippen LogP contribution >= 0.6 is 0 Å². The molecule has 1 aliphatic rings. The molecule has 0 aliphatic carbocycles. The van der Waals surface area contributed by atoms with E-state index in [1.807, 2.05) is 31.2 Å². The van der Waals surface area contributed by atoms with E-state index in [1.165, 1.54) is 6.07 Å². The number of nitrogens with zero attached hydrogens (tertiary/aromatic N) is 1. The second-order valence-corrected chi connectivity index (χ2v) is 6.51. The van der Waals surface area contributed by atoms with Gasteiger partial charge in [0.15, 0.2) is 6.10 Å². The van der Waals surface area contributed by atoms with Gasteiger partial charge in [-0.15, -0.1) is 0 Å². The Labute approximate surface area is 157 Å². The minimum absolute atomic E-state index is 0.000790. The van der Waals surface area contributed by atoms with E-state index >= 15 is 0 Å². The zero-order valence-electron chi connectivity index (χ0n) is 15.1. The normalized spacial score (nSPS) is 16.4. The molecule has 0 saturated carbocycles. The van der Waals surface area contributed by atoms with Crippen LogP contribution in [0.1, 0.15) is 29.8 Å². The highest BCUT2D eigenvalue weighted by Crippen LogP contribution is 2.32. The van der Waals surface area contributed by atoms with Crippen molar-refractivity contribution >= 4 is 29.3 Å². The number of anilines is 2. The summed E-state index contributed by atoms with van der Waals surface area (Å²) in [5.41, 5.74) is 7.62. The molecular weight excluding hydrogens is 346 g/mol. The number of carbonyl (C=O) groups is 3. The third-order valence-corrected chi connectivity index (χ3v) is 4.44. The van der Waals surface area contributed by atoms with Crippen LogP contribution in [0.25, 0.3) is 0 Å². The predicted molar refractivity (Wildman–Crippen MR) is 102 cm³/mol. The van der Waals surface area contributed by atoms with Gasteiger partial charge < -0.3 is 20.7 Å². The summed E-state index contributed by atoms with van der Waals surface area (Å²) in [5.74, 6) is -0.920. The lowest BCUT2D eigenvalue weighted by Gasteiger charge is -2.26. The topological polar surface area (TPSA) is 102 Å². The highest BCUT2D eigenvalue weighted by Gasteiger charge is 2.34. The van der Waals surface area contributed by atoms with E-state index in [0.29, 0.717) is 5.69 Å². The van der Waals surface area contributed by atoms with E-state index in [0.717, 1.165) is 17.7 Å². The van der Waals surface area contributed by atoms with Crippen molar-refractivity contribution in [3.8, 4) is 0 Å². The summed E-state index contributed by atoms with van der Waals surface area (Å²) in [6, 6.07) is 13.1. The lowest BCUT2D eigenvalue weighted by atomic mass is 10.1. The summed E-state index contributed by atoms with van der Waals surface area (Å²) in [7, 11) is 0.